The molecule has 1 heterocycles. The maximum Gasteiger partial charge on any atom is 0.137 e. The molecule has 0 fully saturated rings. The van der Waals surface area contributed by atoms with Gasteiger partial charge in [0.05, 0.1) is 4.90 Å². The first-order valence-electron chi connectivity index (χ1n) is 4.93. The molecule has 82 valence electrons. The predicted molar refractivity (Wildman–Crippen MR) is 58.0 cm³/mol. The molecule has 1 aromatic carbocycles. The molecular weight excluding hydrogens is 216 g/mol. The van der Waals surface area contributed by atoms with Gasteiger partial charge >= 0.3 is 0 Å². The molecule has 0 spiro atoms. The van der Waals surface area contributed by atoms with Crippen molar-refractivity contribution in [3.63, 3.8) is 0 Å². The number of hydrogen-bond acceptors (Lipinski definition) is 2. The molecule has 2 unspecified atom stereocenters. The highest BCUT2D eigenvalue weighted by atomic mass is 32.2. The second-order valence-corrected chi connectivity index (χ2v) is 4.86. The fraction of sp³-hybridized carbons (Fsp3) is 0.455. The highest BCUT2D eigenvalue weighted by molar-refractivity contribution is 7.99. The molecule has 15 heavy (non-hydrogen) atoms. The Morgan fingerprint density at radius 1 is 1.33 bits per heavy atom. The van der Waals surface area contributed by atoms with Crippen molar-refractivity contribution in [2.75, 3.05) is 12.8 Å². The van der Waals surface area contributed by atoms with Crippen molar-refractivity contribution in [1.82, 2.24) is 5.32 Å². The Balaban J connectivity index is 2.56. The van der Waals surface area contributed by atoms with Crippen LogP contribution in [0.25, 0.3) is 0 Å². The van der Waals surface area contributed by atoms with Crippen LogP contribution in [-0.2, 0) is 0 Å². The van der Waals surface area contributed by atoms with Gasteiger partial charge in [-0.2, -0.15) is 0 Å². The van der Waals surface area contributed by atoms with Crippen molar-refractivity contribution >= 4 is 11.8 Å². The van der Waals surface area contributed by atoms with Gasteiger partial charge in [-0.25, -0.2) is 8.78 Å². The summed E-state index contributed by atoms with van der Waals surface area (Å²) in [7, 11) is 1.78. The molecule has 0 aromatic heterocycles. The summed E-state index contributed by atoms with van der Waals surface area (Å²) in [5.74, 6) is 0.496. The summed E-state index contributed by atoms with van der Waals surface area (Å²) in [6.45, 7) is 2.04. The van der Waals surface area contributed by atoms with Gasteiger partial charge in [-0.1, -0.05) is 6.92 Å². The minimum absolute atomic E-state index is 0.0862. The zero-order valence-electron chi connectivity index (χ0n) is 8.68. The van der Waals surface area contributed by atoms with Crippen LogP contribution in [0, 0.1) is 17.6 Å². The Morgan fingerprint density at radius 3 is 2.67 bits per heavy atom. The molecule has 4 heteroatoms. The van der Waals surface area contributed by atoms with Crippen molar-refractivity contribution in [3.05, 3.63) is 29.3 Å². The topological polar surface area (TPSA) is 12.0 Å². The monoisotopic (exact) mass is 229 g/mol. The Labute approximate surface area is 92.3 Å². The highest BCUT2D eigenvalue weighted by Gasteiger charge is 2.30. The Hall–Kier alpha value is -0.610. The molecule has 1 aliphatic heterocycles. The normalized spacial score (nSPS) is 25.1. The van der Waals surface area contributed by atoms with Crippen LogP contribution in [0.2, 0.25) is 0 Å². The minimum atomic E-state index is -0.316. The van der Waals surface area contributed by atoms with Crippen molar-refractivity contribution in [1.29, 1.82) is 0 Å². The summed E-state index contributed by atoms with van der Waals surface area (Å²) in [4.78, 5) is 0.465. The van der Waals surface area contributed by atoms with E-state index in [1.165, 1.54) is 23.9 Å². The molecule has 0 bridgehead atoms. The molecule has 0 saturated carbocycles. The van der Waals surface area contributed by atoms with Gasteiger partial charge in [-0.05, 0) is 25.1 Å². The molecule has 1 aromatic rings. The van der Waals surface area contributed by atoms with Crippen LogP contribution in [0.4, 0.5) is 8.78 Å². The van der Waals surface area contributed by atoms with Crippen molar-refractivity contribution < 1.29 is 8.78 Å². The van der Waals surface area contributed by atoms with E-state index in [-0.39, 0.29) is 17.7 Å². The van der Waals surface area contributed by atoms with Crippen LogP contribution < -0.4 is 5.32 Å². The molecule has 0 radical (unpaired) electrons. The summed E-state index contributed by atoms with van der Waals surface area (Å²) >= 11 is 1.40. The van der Waals surface area contributed by atoms with Crippen molar-refractivity contribution in [3.8, 4) is 0 Å². The lowest BCUT2D eigenvalue weighted by molar-refractivity contribution is 0.408. The summed E-state index contributed by atoms with van der Waals surface area (Å²) in [6, 6.07) is 2.32. The Morgan fingerprint density at radius 2 is 2.00 bits per heavy atom. The van der Waals surface area contributed by atoms with E-state index in [0.717, 1.165) is 5.75 Å². The second kappa shape index (κ2) is 4.10. The third-order valence-corrected chi connectivity index (χ3v) is 4.17. The summed E-state index contributed by atoms with van der Waals surface area (Å²) in [5, 5.41) is 3.06. The number of halogens is 2. The zero-order valence-corrected chi connectivity index (χ0v) is 9.50. The van der Waals surface area contributed by atoms with Gasteiger partial charge in [-0.15, -0.1) is 11.8 Å². The van der Waals surface area contributed by atoms with Gasteiger partial charge in [0.1, 0.15) is 11.6 Å². The fourth-order valence-electron chi connectivity index (χ4n) is 2.01. The van der Waals surface area contributed by atoms with Gasteiger partial charge in [0.2, 0.25) is 0 Å². The third-order valence-electron chi connectivity index (χ3n) is 2.78. The Kier molecular flexibility index (Phi) is 2.98. The SMILES string of the molecule is CNC1c2c(F)ccc(F)c2SCC1C. The second-order valence-electron chi connectivity index (χ2n) is 3.83. The number of thioether (sulfide) groups is 1. The number of fused-ring (bicyclic) bond motifs is 1. The van der Waals surface area contributed by atoms with Crippen LogP contribution in [-0.4, -0.2) is 12.8 Å². The number of hydrogen-bond donors (Lipinski definition) is 1. The van der Waals surface area contributed by atoms with Crippen LogP contribution in [0.3, 0.4) is 0 Å². The van der Waals surface area contributed by atoms with E-state index >= 15 is 0 Å². The van der Waals surface area contributed by atoms with Gasteiger partial charge in [0.15, 0.2) is 0 Å². The van der Waals surface area contributed by atoms with Gasteiger partial charge < -0.3 is 5.32 Å². The molecule has 2 atom stereocenters. The van der Waals surface area contributed by atoms with Crippen molar-refractivity contribution in [2.45, 2.75) is 17.9 Å². The quantitative estimate of drug-likeness (QED) is 0.794. The first-order valence-corrected chi connectivity index (χ1v) is 5.91. The van der Waals surface area contributed by atoms with E-state index in [2.05, 4.69) is 5.32 Å². The van der Waals surface area contributed by atoms with Crippen LogP contribution in [0.5, 0.6) is 0 Å². The fourth-order valence-corrected chi connectivity index (χ4v) is 3.22. The lowest BCUT2D eigenvalue weighted by Gasteiger charge is -2.31. The molecule has 1 nitrogen and oxygen atoms in total. The number of benzene rings is 1. The molecular formula is C11H13F2NS. The first-order chi connectivity index (χ1) is 7.15. The maximum atomic E-state index is 13.6. The molecule has 0 aliphatic carbocycles. The van der Waals surface area contributed by atoms with Crippen LogP contribution >= 0.6 is 11.8 Å². The van der Waals surface area contributed by atoms with E-state index < -0.39 is 0 Å². The largest absolute Gasteiger partial charge is 0.313 e. The average molecular weight is 229 g/mol. The molecule has 1 N–H and O–H groups in total. The van der Waals surface area contributed by atoms with E-state index in [0.29, 0.717) is 16.4 Å². The van der Waals surface area contributed by atoms with Crippen molar-refractivity contribution in [2.24, 2.45) is 5.92 Å². The molecule has 2 rings (SSSR count). The summed E-state index contributed by atoms with van der Waals surface area (Å²) in [6.07, 6.45) is 0. The number of nitrogens with one attached hydrogen (secondary N) is 1. The van der Waals surface area contributed by atoms with Gasteiger partial charge in [0, 0.05) is 17.4 Å². The predicted octanol–water partition coefficient (Wildman–Crippen LogP) is 2.97. The average Bonchev–Trinajstić information content (AvgIpc) is 2.23. The van der Waals surface area contributed by atoms with Gasteiger partial charge in [0.25, 0.3) is 0 Å². The van der Waals surface area contributed by atoms with E-state index in [1.54, 1.807) is 7.05 Å². The lowest BCUT2D eigenvalue weighted by atomic mass is 9.95. The van der Waals surface area contributed by atoms with E-state index in [9.17, 15) is 8.78 Å². The van der Waals surface area contributed by atoms with Crippen LogP contribution in [0.15, 0.2) is 17.0 Å². The standard InChI is InChI=1S/C11H13F2NS/c1-6-5-15-11-8(13)4-3-7(12)9(11)10(6)14-2/h3-4,6,10,14H,5H2,1-2H3. The maximum absolute atomic E-state index is 13.6. The smallest absolute Gasteiger partial charge is 0.137 e. The summed E-state index contributed by atoms with van der Waals surface area (Å²) < 4.78 is 27.1. The molecule has 1 aliphatic rings. The Bertz CT molecular complexity index is 381. The molecule has 0 saturated heterocycles. The zero-order chi connectivity index (χ0) is 11.0. The first kappa shape index (κ1) is 10.9. The highest BCUT2D eigenvalue weighted by Crippen LogP contribution is 2.41. The summed E-state index contributed by atoms with van der Waals surface area (Å²) in [5.41, 5.74) is 0.487. The van der Waals surface area contributed by atoms with E-state index in [1.807, 2.05) is 6.92 Å². The third kappa shape index (κ3) is 1.76. The van der Waals surface area contributed by atoms with Gasteiger partial charge in [-0.3, -0.25) is 0 Å². The van der Waals surface area contributed by atoms with Crippen LogP contribution in [0.1, 0.15) is 18.5 Å². The minimum Gasteiger partial charge on any atom is -0.313 e. The lowest BCUT2D eigenvalue weighted by Crippen LogP contribution is -2.29. The number of rotatable bonds is 1. The van der Waals surface area contributed by atoms with E-state index in [4.69, 9.17) is 0 Å². The molecule has 0 amide bonds.